The van der Waals surface area contributed by atoms with Crippen molar-refractivity contribution in [1.29, 1.82) is 0 Å². The smallest absolute Gasteiger partial charge is 0.0623 e. The highest BCUT2D eigenvalue weighted by atomic mass is 32.1. The maximum Gasteiger partial charge on any atom is 0.0623 e. The molecule has 0 unspecified atom stereocenters. The van der Waals surface area contributed by atoms with Crippen LogP contribution in [0.4, 0.5) is 17.1 Å². The molecular weight excluding hydrogens is 745 g/mol. The van der Waals surface area contributed by atoms with Gasteiger partial charge in [-0.25, -0.2) is 0 Å². The third-order valence-electron chi connectivity index (χ3n) is 13.3. The van der Waals surface area contributed by atoms with E-state index in [2.05, 4.69) is 217 Å². The van der Waals surface area contributed by atoms with Crippen LogP contribution in [0.15, 0.2) is 194 Å². The summed E-state index contributed by atoms with van der Waals surface area (Å²) in [7, 11) is 0. The highest BCUT2D eigenvalue weighted by Crippen LogP contribution is 2.58. The summed E-state index contributed by atoms with van der Waals surface area (Å²) in [6.07, 6.45) is 0. The predicted octanol–water partition coefficient (Wildman–Crippen LogP) is 16.2. The Morgan fingerprint density at radius 2 is 1.13 bits per heavy atom. The Morgan fingerprint density at radius 1 is 0.450 bits per heavy atom. The van der Waals surface area contributed by atoms with E-state index in [1.165, 1.54) is 109 Å². The first-order valence-corrected chi connectivity index (χ1v) is 21.7. The van der Waals surface area contributed by atoms with Gasteiger partial charge in [-0.2, -0.15) is 0 Å². The van der Waals surface area contributed by atoms with Crippen molar-refractivity contribution in [3.8, 4) is 50.2 Å². The minimum atomic E-state index is -0.0753. The van der Waals surface area contributed by atoms with E-state index in [0.717, 1.165) is 11.4 Å². The molecule has 0 saturated carbocycles. The van der Waals surface area contributed by atoms with Gasteiger partial charge in [-0.3, -0.25) is 0 Å². The van der Waals surface area contributed by atoms with Gasteiger partial charge in [0.2, 0.25) is 0 Å². The first kappa shape index (κ1) is 33.7. The number of hydrogen-bond donors (Lipinski definition) is 0. The minimum Gasteiger partial charge on any atom is -0.310 e. The number of anilines is 3. The average Bonchev–Trinajstić information content (AvgIpc) is 3.89. The Labute approximate surface area is 352 Å². The molecule has 1 aliphatic heterocycles. The van der Waals surface area contributed by atoms with Crippen LogP contribution in [0.25, 0.3) is 92.2 Å². The molecule has 0 fully saturated rings. The first-order valence-electron chi connectivity index (χ1n) is 20.8. The summed E-state index contributed by atoms with van der Waals surface area (Å²) < 4.78 is 5.14. The molecule has 2 aromatic heterocycles. The van der Waals surface area contributed by atoms with Crippen LogP contribution in [0.3, 0.4) is 0 Å². The molecule has 2 nitrogen and oxygen atoms in total. The Hall–Kier alpha value is -7.20. The molecule has 1 aliphatic carbocycles. The quantitative estimate of drug-likeness (QED) is 0.169. The Balaban J connectivity index is 0.985. The van der Waals surface area contributed by atoms with E-state index in [9.17, 15) is 0 Å². The molecule has 13 rings (SSSR count). The lowest BCUT2D eigenvalue weighted by Gasteiger charge is -2.27. The molecule has 0 radical (unpaired) electrons. The summed E-state index contributed by atoms with van der Waals surface area (Å²) >= 11 is 1.86. The van der Waals surface area contributed by atoms with E-state index >= 15 is 0 Å². The molecule has 60 heavy (non-hydrogen) atoms. The van der Waals surface area contributed by atoms with E-state index in [1.807, 2.05) is 11.3 Å². The summed E-state index contributed by atoms with van der Waals surface area (Å²) in [4.78, 5) is 2.44. The average molecular weight is 783 g/mol. The number of fused-ring (bicyclic) bond motifs is 9. The van der Waals surface area contributed by atoms with Gasteiger partial charge in [0.05, 0.1) is 22.4 Å². The van der Waals surface area contributed by atoms with Crippen LogP contribution in [-0.4, -0.2) is 4.57 Å². The van der Waals surface area contributed by atoms with Gasteiger partial charge in [-0.15, -0.1) is 11.3 Å². The van der Waals surface area contributed by atoms with E-state index in [4.69, 9.17) is 0 Å². The standard InChI is InChI=1S/C57H38N2S/c1-57(2)46-20-11-19-42-41-17-6-8-21-48(41)59-49-32-27-38(34-45(49)43-30-31-47(57)55(53(42)46)56(43)59)36-25-28-39(29-26-36)58(40-16-10-15-37(33-40)35-13-4-3-5-14-35)50-22-12-24-52-54(50)44-18-7-9-23-51(44)60-52/h3-34H,1-2H3. The second kappa shape index (κ2) is 12.4. The maximum atomic E-state index is 2.55. The van der Waals surface area contributed by atoms with Crippen molar-refractivity contribution in [3.63, 3.8) is 0 Å². The van der Waals surface area contributed by atoms with Crippen molar-refractivity contribution in [2.24, 2.45) is 0 Å². The largest absolute Gasteiger partial charge is 0.310 e. The van der Waals surface area contributed by atoms with Gasteiger partial charge in [0.25, 0.3) is 0 Å². The van der Waals surface area contributed by atoms with Crippen LogP contribution in [0.5, 0.6) is 0 Å². The van der Waals surface area contributed by atoms with Gasteiger partial charge >= 0.3 is 0 Å². The summed E-state index contributed by atoms with van der Waals surface area (Å²) in [5.41, 5.74) is 20.2. The van der Waals surface area contributed by atoms with Gasteiger partial charge in [0.1, 0.15) is 0 Å². The van der Waals surface area contributed by atoms with Gasteiger partial charge < -0.3 is 9.47 Å². The summed E-state index contributed by atoms with van der Waals surface area (Å²) in [6, 6.07) is 72.1. The number of para-hydroxylation sites is 1. The number of hydrogen-bond acceptors (Lipinski definition) is 2. The van der Waals surface area contributed by atoms with Gasteiger partial charge in [0.15, 0.2) is 0 Å². The molecule has 282 valence electrons. The Morgan fingerprint density at radius 3 is 2.03 bits per heavy atom. The summed E-state index contributed by atoms with van der Waals surface area (Å²) in [6.45, 7) is 4.78. The molecular formula is C57H38N2S. The third kappa shape index (κ3) is 4.64. The van der Waals surface area contributed by atoms with Crippen molar-refractivity contribution in [2.75, 3.05) is 4.90 Å². The third-order valence-corrected chi connectivity index (χ3v) is 14.5. The highest BCUT2D eigenvalue weighted by molar-refractivity contribution is 7.26. The Kier molecular flexibility index (Phi) is 6.98. The lowest BCUT2D eigenvalue weighted by molar-refractivity contribution is 0.661. The summed E-state index contributed by atoms with van der Waals surface area (Å²) in [5, 5.41) is 5.16. The zero-order chi connectivity index (χ0) is 39.7. The van der Waals surface area contributed by atoms with Crippen LogP contribution >= 0.6 is 11.3 Å². The SMILES string of the molecule is CC1(C)c2cccc3c2-c2c1ccc1c4cc(-c5ccc(N(c6cccc(-c7ccccc7)c6)c6cccc7sc8ccccc8c67)cc5)ccc4n(c21)-c1ccccc1-3. The van der Waals surface area contributed by atoms with Crippen LogP contribution in [-0.2, 0) is 5.41 Å². The minimum absolute atomic E-state index is 0.0753. The zero-order valence-corrected chi connectivity index (χ0v) is 34.1. The van der Waals surface area contributed by atoms with Gasteiger partial charge in [0, 0.05) is 58.9 Å². The lowest BCUT2D eigenvalue weighted by Crippen LogP contribution is -2.15. The molecule has 0 atom stereocenters. The number of nitrogens with zero attached hydrogens (tertiary/aromatic N) is 2. The second-order valence-corrected chi connectivity index (χ2v) is 18.0. The van der Waals surface area contributed by atoms with Crippen molar-refractivity contribution >= 4 is 70.4 Å². The number of thiophene rings is 1. The molecule has 0 saturated heterocycles. The molecule has 0 spiro atoms. The monoisotopic (exact) mass is 782 g/mol. The topological polar surface area (TPSA) is 8.17 Å². The van der Waals surface area contributed by atoms with Gasteiger partial charge in [-0.05, 0) is 105 Å². The van der Waals surface area contributed by atoms with Gasteiger partial charge in [-0.1, -0.05) is 147 Å². The van der Waals surface area contributed by atoms with E-state index in [1.54, 1.807) is 0 Å². The second-order valence-electron chi connectivity index (χ2n) is 16.9. The maximum absolute atomic E-state index is 2.55. The zero-order valence-electron chi connectivity index (χ0n) is 33.3. The van der Waals surface area contributed by atoms with Crippen LogP contribution in [0.2, 0.25) is 0 Å². The number of benzene rings is 9. The molecule has 9 aromatic carbocycles. The summed E-state index contributed by atoms with van der Waals surface area (Å²) in [5.74, 6) is 0. The van der Waals surface area contributed by atoms with Crippen molar-refractivity contribution in [2.45, 2.75) is 19.3 Å². The molecule has 0 amide bonds. The molecule has 3 heterocycles. The fraction of sp³-hybridized carbons (Fsp3) is 0.0526. The molecule has 3 heteroatoms. The van der Waals surface area contributed by atoms with E-state index in [0.29, 0.717) is 0 Å². The normalized spacial score (nSPS) is 13.3. The molecule has 2 aliphatic rings. The van der Waals surface area contributed by atoms with Crippen LogP contribution in [0.1, 0.15) is 25.0 Å². The number of rotatable bonds is 5. The Bertz CT molecular complexity index is 3570. The predicted molar refractivity (Wildman–Crippen MR) is 256 cm³/mol. The molecule has 0 bridgehead atoms. The fourth-order valence-corrected chi connectivity index (χ4v) is 11.7. The van der Waals surface area contributed by atoms with E-state index in [-0.39, 0.29) is 5.41 Å². The molecule has 0 N–H and O–H groups in total. The first-order chi connectivity index (χ1) is 29.5. The molecule has 11 aromatic rings. The van der Waals surface area contributed by atoms with Crippen molar-refractivity contribution < 1.29 is 0 Å². The van der Waals surface area contributed by atoms with Crippen LogP contribution in [0, 0.1) is 0 Å². The highest BCUT2D eigenvalue weighted by Gasteiger charge is 2.40. The van der Waals surface area contributed by atoms with Crippen LogP contribution < -0.4 is 4.90 Å². The van der Waals surface area contributed by atoms with Crippen molar-refractivity contribution in [3.05, 3.63) is 205 Å². The number of aromatic nitrogens is 1. The lowest BCUT2D eigenvalue weighted by atomic mass is 9.81. The fourth-order valence-electron chi connectivity index (χ4n) is 10.5. The van der Waals surface area contributed by atoms with E-state index < -0.39 is 0 Å². The van der Waals surface area contributed by atoms with Crippen molar-refractivity contribution in [1.82, 2.24) is 4.57 Å².